The molecule has 0 aliphatic rings. The number of carbonyl (C=O) groups excluding carboxylic acids is 1. The third-order valence-electron chi connectivity index (χ3n) is 3.52. The lowest BCUT2D eigenvalue weighted by atomic mass is 10.2. The van der Waals surface area contributed by atoms with Crippen LogP contribution in [0.1, 0.15) is 29.1 Å². The minimum atomic E-state index is -0.376. The minimum absolute atomic E-state index is 0.203. The molecule has 0 fully saturated rings. The molecule has 1 N–H and O–H groups in total. The Hall–Kier alpha value is -1.60. The van der Waals surface area contributed by atoms with E-state index in [0.717, 1.165) is 10.9 Å². The summed E-state index contributed by atoms with van der Waals surface area (Å²) in [6.07, 6.45) is 1.22. The highest BCUT2D eigenvalue weighted by Crippen LogP contribution is 2.38. The highest BCUT2D eigenvalue weighted by Gasteiger charge is 2.21. The molecule has 1 aromatic carbocycles. The lowest BCUT2D eigenvalue weighted by Crippen LogP contribution is -2.11. The summed E-state index contributed by atoms with van der Waals surface area (Å²) < 4.78 is 5.30. The molecule has 5 nitrogen and oxygen atoms in total. The third kappa shape index (κ3) is 3.74. The average Bonchev–Trinajstić information content (AvgIpc) is 2.90. The van der Waals surface area contributed by atoms with E-state index in [1.165, 1.54) is 17.7 Å². The molecule has 0 amide bonds. The molecule has 0 atom stereocenters. The number of anilines is 2. The highest BCUT2D eigenvalue weighted by molar-refractivity contribution is 7.20. The number of fused-ring (bicyclic) bond motifs is 1. The first-order chi connectivity index (χ1) is 12.3. The SMILES string of the molecule is Cc1c(C(=O)OC(C)C)sc2ncnc(Nc3cc(Cl)c(Cl)cc3Cl)c12. The maximum atomic E-state index is 12.3. The molecular weight excluding hydrogens is 417 g/mol. The number of rotatable bonds is 4. The number of aryl methyl sites for hydroxylation is 1. The van der Waals surface area contributed by atoms with Crippen molar-refractivity contribution >= 4 is 73.8 Å². The van der Waals surface area contributed by atoms with Gasteiger partial charge in [0.25, 0.3) is 0 Å². The number of nitrogens with one attached hydrogen (secondary N) is 1. The van der Waals surface area contributed by atoms with Gasteiger partial charge in [-0.25, -0.2) is 14.8 Å². The second-order valence-corrected chi connectivity index (χ2v) is 8.00. The fourth-order valence-electron chi connectivity index (χ4n) is 2.37. The largest absolute Gasteiger partial charge is 0.459 e. The van der Waals surface area contributed by atoms with Gasteiger partial charge in [0.15, 0.2) is 0 Å². The van der Waals surface area contributed by atoms with Crippen molar-refractivity contribution in [1.29, 1.82) is 0 Å². The van der Waals surface area contributed by atoms with Crippen LogP contribution in [0.3, 0.4) is 0 Å². The van der Waals surface area contributed by atoms with Crippen LogP contribution in [0.4, 0.5) is 11.5 Å². The number of esters is 1. The van der Waals surface area contributed by atoms with Gasteiger partial charge < -0.3 is 10.1 Å². The Labute approximate surface area is 169 Å². The van der Waals surface area contributed by atoms with Crippen molar-refractivity contribution in [2.75, 3.05) is 5.32 Å². The van der Waals surface area contributed by atoms with Gasteiger partial charge in [-0.3, -0.25) is 0 Å². The van der Waals surface area contributed by atoms with Crippen LogP contribution in [0.5, 0.6) is 0 Å². The van der Waals surface area contributed by atoms with Gasteiger partial charge in [-0.1, -0.05) is 34.8 Å². The Morgan fingerprint density at radius 3 is 2.54 bits per heavy atom. The molecule has 0 saturated carbocycles. The predicted molar refractivity (Wildman–Crippen MR) is 107 cm³/mol. The first kappa shape index (κ1) is 19.2. The summed E-state index contributed by atoms with van der Waals surface area (Å²) in [4.78, 5) is 22.0. The zero-order chi connectivity index (χ0) is 19.0. The molecule has 0 saturated heterocycles. The lowest BCUT2D eigenvalue weighted by molar-refractivity contribution is 0.0383. The van der Waals surface area contributed by atoms with Crippen molar-refractivity contribution < 1.29 is 9.53 Å². The number of nitrogens with zero attached hydrogens (tertiary/aromatic N) is 2. The Balaban J connectivity index is 2.06. The van der Waals surface area contributed by atoms with Gasteiger partial charge in [-0.05, 0) is 38.5 Å². The number of ether oxygens (including phenoxy) is 1. The summed E-state index contributed by atoms with van der Waals surface area (Å²) in [5.74, 6) is 0.145. The zero-order valence-corrected chi connectivity index (χ0v) is 17.1. The van der Waals surface area contributed by atoms with Crippen LogP contribution in [0.25, 0.3) is 10.2 Å². The molecule has 2 aromatic heterocycles. The number of aromatic nitrogens is 2. The average molecular weight is 431 g/mol. The van der Waals surface area contributed by atoms with Gasteiger partial charge >= 0.3 is 5.97 Å². The van der Waals surface area contributed by atoms with Crippen molar-refractivity contribution in [3.05, 3.63) is 44.0 Å². The van der Waals surface area contributed by atoms with Crippen molar-refractivity contribution in [3.8, 4) is 0 Å². The Bertz CT molecular complexity index is 1000. The van der Waals surface area contributed by atoms with E-state index in [1.54, 1.807) is 26.0 Å². The zero-order valence-electron chi connectivity index (χ0n) is 14.1. The molecule has 0 spiro atoms. The molecule has 3 aromatic rings. The summed E-state index contributed by atoms with van der Waals surface area (Å²) in [5, 5.41) is 5.01. The first-order valence-electron chi connectivity index (χ1n) is 7.64. The maximum Gasteiger partial charge on any atom is 0.348 e. The number of carbonyl (C=O) groups is 1. The van der Waals surface area contributed by atoms with Gasteiger partial charge in [0.1, 0.15) is 21.9 Å². The first-order valence-corrected chi connectivity index (χ1v) is 9.59. The van der Waals surface area contributed by atoms with Gasteiger partial charge in [-0.2, -0.15) is 0 Å². The van der Waals surface area contributed by atoms with Crippen molar-refractivity contribution in [2.45, 2.75) is 26.9 Å². The van der Waals surface area contributed by atoms with Crippen LogP contribution in [-0.2, 0) is 4.74 Å². The lowest BCUT2D eigenvalue weighted by Gasteiger charge is -2.10. The standard InChI is InChI=1S/C17H14Cl3N3O2S/c1-7(2)25-17(24)14-8(3)13-15(21-6-22-16(13)26-14)23-12-5-10(19)9(18)4-11(12)20/h4-7H,1-3H3,(H,21,22,23). The van der Waals surface area contributed by atoms with E-state index in [1.807, 2.05) is 6.92 Å². The fraction of sp³-hybridized carbons (Fsp3) is 0.235. The van der Waals surface area contributed by atoms with Crippen LogP contribution in [0, 0.1) is 6.92 Å². The number of benzene rings is 1. The van der Waals surface area contributed by atoms with Crippen LogP contribution >= 0.6 is 46.1 Å². The molecule has 0 aliphatic carbocycles. The molecule has 9 heteroatoms. The maximum absolute atomic E-state index is 12.3. The van der Waals surface area contributed by atoms with E-state index in [2.05, 4.69) is 15.3 Å². The van der Waals surface area contributed by atoms with E-state index >= 15 is 0 Å². The normalized spacial score (nSPS) is 11.2. The molecule has 0 radical (unpaired) electrons. The predicted octanol–water partition coefficient (Wildman–Crippen LogP) is 6.27. The molecule has 2 heterocycles. The molecule has 0 unspecified atom stereocenters. The van der Waals surface area contributed by atoms with E-state index in [4.69, 9.17) is 39.5 Å². The Morgan fingerprint density at radius 1 is 1.15 bits per heavy atom. The molecule has 0 bridgehead atoms. The Morgan fingerprint density at radius 2 is 1.85 bits per heavy atom. The van der Waals surface area contributed by atoms with Crippen LogP contribution in [0.2, 0.25) is 15.1 Å². The van der Waals surface area contributed by atoms with E-state index in [0.29, 0.717) is 36.3 Å². The number of halogens is 3. The fourth-order valence-corrected chi connectivity index (χ4v) is 4.00. The smallest absolute Gasteiger partial charge is 0.348 e. The summed E-state index contributed by atoms with van der Waals surface area (Å²) >= 11 is 19.5. The molecular formula is C17H14Cl3N3O2S. The number of hydrogen-bond donors (Lipinski definition) is 1. The van der Waals surface area contributed by atoms with Crippen molar-refractivity contribution in [2.24, 2.45) is 0 Å². The van der Waals surface area contributed by atoms with Crippen molar-refractivity contribution in [1.82, 2.24) is 9.97 Å². The number of thiophene rings is 1. The van der Waals surface area contributed by atoms with Gasteiger partial charge in [0, 0.05) is 0 Å². The van der Waals surface area contributed by atoms with Crippen LogP contribution in [-0.4, -0.2) is 22.0 Å². The van der Waals surface area contributed by atoms with Crippen LogP contribution < -0.4 is 5.32 Å². The molecule has 0 aliphatic heterocycles. The van der Waals surface area contributed by atoms with Gasteiger partial charge in [0.05, 0.1) is 32.2 Å². The van der Waals surface area contributed by atoms with E-state index in [9.17, 15) is 4.79 Å². The highest BCUT2D eigenvalue weighted by atomic mass is 35.5. The van der Waals surface area contributed by atoms with Gasteiger partial charge in [-0.15, -0.1) is 11.3 Å². The van der Waals surface area contributed by atoms with Crippen LogP contribution in [0.15, 0.2) is 18.5 Å². The Kier molecular flexibility index (Phi) is 5.58. The van der Waals surface area contributed by atoms with E-state index in [-0.39, 0.29) is 12.1 Å². The molecule has 136 valence electrons. The minimum Gasteiger partial charge on any atom is -0.459 e. The second kappa shape index (κ2) is 7.56. The summed E-state index contributed by atoms with van der Waals surface area (Å²) in [6.45, 7) is 5.44. The molecule has 26 heavy (non-hydrogen) atoms. The number of hydrogen-bond acceptors (Lipinski definition) is 6. The topological polar surface area (TPSA) is 64.1 Å². The monoisotopic (exact) mass is 429 g/mol. The second-order valence-electron chi connectivity index (χ2n) is 5.78. The van der Waals surface area contributed by atoms with Gasteiger partial charge in [0.2, 0.25) is 0 Å². The summed E-state index contributed by atoms with van der Waals surface area (Å²) in [7, 11) is 0. The quantitative estimate of drug-likeness (QED) is 0.390. The van der Waals surface area contributed by atoms with E-state index < -0.39 is 0 Å². The summed E-state index contributed by atoms with van der Waals surface area (Å²) in [6, 6.07) is 3.17. The molecule has 3 rings (SSSR count). The summed E-state index contributed by atoms with van der Waals surface area (Å²) in [5.41, 5.74) is 1.30. The third-order valence-corrected chi connectivity index (χ3v) is 5.73. The van der Waals surface area contributed by atoms with Crippen molar-refractivity contribution in [3.63, 3.8) is 0 Å².